The van der Waals surface area contributed by atoms with E-state index >= 15 is 0 Å². The van der Waals surface area contributed by atoms with E-state index in [1.54, 1.807) is 0 Å². The number of ether oxygens (including phenoxy) is 1. The van der Waals surface area contributed by atoms with Crippen molar-refractivity contribution >= 4 is 6.09 Å². The summed E-state index contributed by atoms with van der Waals surface area (Å²) in [6, 6.07) is 0. The van der Waals surface area contributed by atoms with Gasteiger partial charge in [-0.05, 0) is 52.4 Å². The van der Waals surface area contributed by atoms with Gasteiger partial charge >= 0.3 is 6.09 Å². The van der Waals surface area contributed by atoms with Gasteiger partial charge in [0.05, 0.1) is 0 Å². The van der Waals surface area contributed by atoms with E-state index in [0.717, 1.165) is 25.7 Å². The van der Waals surface area contributed by atoms with Gasteiger partial charge in [0, 0.05) is 12.5 Å². The fraction of sp³-hybridized carbons (Fsp3) is 0.800. The van der Waals surface area contributed by atoms with E-state index in [1.165, 1.54) is 0 Å². The molecule has 0 heterocycles. The smallest absolute Gasteiger partial charge is 0.407 e. The molecular weight excluding hydrogens is 242 g/mol. The van der Waals surface area contributed by atoms with E-state index in [1.807, 2.05) is 20.8 Å². The molecule has 0 spiro atoms. The van der Waals surface area contributed by atoms with Gasteiger partial charge in [0.2, 0.25) is 0 Å². The summed E-state index contributed by atoms with van der Waals surface area (Å²) in [5, 5.41) is 11.5. The molecule has 0 atom stereocenters. The number of hydrogen-bond donors (Lipinski definition) is 2. The Morgan fingerprint density at radius 3 is 2.47 bits per heavy atom. The zero-order valence-electron chi connectivity index (χ0n) is 12.2. The molecule has 0 aromatic carbocycles. The fourth-order valence-corrected chi connectivity index (χ4v) is 2.24. The number of alkyl carbamates (subject to hydrolysis) is 1. The third-order valence-electron chi connectivity index (χ3n) is 3.17. The van der Waals surface area contributed by atoms with Crippen molar-refractivity contribution in [3.63, 3.8) is 0 Å². The second kappa shape index (κ2) is 7.40. The molecule has 4 heteroatoms. The highest BCUT2D eigenvalue weighted by atomic mass is 16.6. The Balaban J connectivity index is 2.21. The van der Waals surface area contributed by atoms with Crippen LogP contribution in [0.5, 0.6) is 0 Å². The van der Waals surface area contributed by atoms with E-state index in [4.69, 9.17) is 9.84 Å². The number of amides is 1. The van der Waals surface area contributed by atoms with Gasteiger partial charge in [0.15, 0.2) is 0 Å². The Hall–Kier alpha value is -1.21. The summed E-state index contributed by atoms with van der Waals surface area (Å²) in [6.07, 6.45) is 3.90. The first kappa shape index (κ1) is 15.8. The molecular formula is C15H25NO3. The summed E-state index contributed by atoms with van der Waals surface area (Å²) in [4.78, 5) is 11.5. The van der Waals surface area contributed by atoms with Crippen LogP contribution >= 0.6 is 0 Å². The van der Waals surface area contributed by atoms with Gasteiger partial charge in [-0.2, -0.15) is 0 Å². The van der Waals surface area contributed by atoms with Crippen LogP contribution in [0.25, 0.3) is 0 Å². The van der Waals surface area contributed by atoms with Crippen LogP contribution in [-0.4, -0.2) is 30.0 Å². The maximum atomic E-state index is 11.5. The molecule has 1 saturated carbocycles. The van der Waals surface area contributed by atoms with Gasteiger partial charge in [-0.25, -0.2) is 4.79 Å². The predicted molar refractivity (Wildman–Crippen MR) is 74.5 cm³/mol. The minimum Gasteiger partial charge on any atom is -0.444 e. The largest absolute Gasteiger partial charge is 0.444 e. The second-order valence-electron chi connectivity index (χ2n) is 6.08. The van der Waals surface area contributed by atoms with Crippen molar-refractivity contribution in [3.05, 3.63) is 0 Å². The van der Waals surface area contributed by atoms with Crippen LogP contribution < -0.4 is 5.32 Å². The number of nitrogens with one attached hydrogen (secondary N) is 1. The van der Waals surface area contributed by atoms with Gasteiger partial charge < -0.3 is 15.2 Å². The predicted octanol–water partition coefficient (Wildman–Crippen LogP) is 2.31. The summed E-state index contributed by atoms with van der Waals surface area (Å²) in [5.74, 6) is 6.72. The Bertz CT molecular complexity index is 341. The molecule has 1 rings (SSSR count). The molecule has 0 aliphatic heterocycles. The van der Waals surface area contributed by atoms with Crippen LogP contribution in [-0.2, 0) is 4.74 Å². The molecule has 0 saturated heterocycles. The Labute approximate surface area is 115 Å². The molecule has 2 N–H and O–H groups in total. The lowest BCUT2D eigenvalue weighted by atomic mass is 9.82. The molecule has 1 aliphatic carbocycles. The van der Waals surface area contributed by atoms with E-state index in [9.17, 15) is 4.79 Å². The van der Waals surface area contributed by atoms with Crippen molar-refractivity contribution in [1.29, 1.82) is 0 Å². The molecule has 0 bridgehead atoms. The van der Waals surface area contributed by atoms with Gasteiger partial charge in [-0.1, -0.05) is 11.8 Å². The average Bonchev–Trinajstić information content (AvgIpc) is 2.33. The Morgan fingerprint density at radius 1 is 1.32 bits per heavy atom. The maximum absolute atomic E-state index is 11.5. The molecule has 0 aromatic heterocycles. The quantitative estimate of drug-likeness (QED) is 0.755. The Kier molecular flexibility index (Phi) is 6.17. The molecule has 1 amide bonds. The number of aliphatic hydroxyl groups is 1. The molecule has 108 valence electrons. The van der Waals surface area contributed by atoms with Crippen LogP contribution in [0.4, 0.5) is 4.79 Å². The SMILES string of the molecule is CC(C)(C)OC(=O)NCC1CCC(C#CCO)CC1. The van der Waals surface area contributed by atoms with Gasteiger partial charge in [-0.3, -0.25) is 0 Å². The van der Waals surface area contributed by atoms with Crippen molar-refractivity contribution in [2.75, 3.05) is 13.2 Å². The van der Waals surface area contributed by atoms with Crippen LogP contribution in [0.2, 0.25) is 0 Å². The van der Waals surface area contributed by atoms with Gasteiger partial charge in [0.25, 0.3) is 0 Å². The summed E-state index contributed by atoms with van der Waals surface area (Å²) >= 11 is 0. The van der Waals surface area contributed by atoms with Crippen LogP contribution in [0, 0.1) is 23.7 Å². The third kappa shape index (κ3) is 7.07. The van der Waals surface area contributed by atoms with E-state index in [-0.39, 0.29) is 12.7 Å². The highest BCUT2D eigenvalue weighted by molar-refractivity contribution is 5.67. The monoisotopic (exact) mass is 267 g/mol. The lowest BCUT2D eigenvalue weighted by molar-refractivity contribution is 0.0514. The van der Waals surface area contributed by atoms with Crippen molar-refractivity contribution in [2.24, 2.45) is 11.8 Å². The fourth-order valence-electron chi connectivity index (χ4n) is 2.24. The van der Waals surface area contributed by atoms with E-state index in [0.29, 0.717) is 18.4 Å². The minimum atomic E-state index is -0.443. The normalized spacial score (nSPS) is 23.2. The average molecular weight is 267 g/mol. The van der Waals surface area contributed by atoms with Crippen molar-refractivity contribution in [2.45, 2.75) is 52.1 Å². The summed E-state index contributed by atoms with van der Waals surface area (Å²) in [7, 11) is 0. The molecule has 0 unspecified atom stereocenters. The highest BCUT2D eigenvalue weighted by Crippen LogP contribution is 2.27. The topological polar surface area (TPSA) is 58.6 Å². The lowest BCUT2D eigenvalue weighted by Crippen LogP contribution is -2.36. The van der Waals surface area contributed by atoms with Gasteiger partial charge in [0.1, 0.15) is 12.2 Å². The zero-order chi connectivity index (χ0) is 14.3. The van der Waals surface area contributed by atoms with E-state index in [2.05, 4.69) is 17.2 Å². The van der Waals surface area contributed by atoms with E-state index < -0.39 is 5.60 Å². The zero-order valence-corrected chi connectivity index (χ0v) is 12.2. The first-order valence-electron chi connectivity index (χ1n) is 6.97. The minimum absolute atomic E-state index is 0.0554. The van der Waals surface area contributed by atoms with Crippen molar-refractivity contribution in [1.82, 2.24) is 5.32 Å². The molecule has 0 aromatic rings. The number of aliphatic hydroxyl groups excluding tert-OH is 1. The maximum Gasteiger partial charge on any atom is 0.407 e. The number of hydrogen-bond acceptors (Lipinski definition) is 3. The number of carbonyl (C=O) groups excluding carboxylic acids is 1. The first-order chi connectivity index (χ1) is 8.90. The number of rotatable bonds is 2. The summed E-state index contributed by atoms with van der Waals surface area (Å²) in [6.45, 7) is 6.20. The Morgan fingerprint density at radius 2 is 1.95 bits per heavy atom. The molecule has 0 radical (unpaired) electrons. The highest BCUT2D eigenvalue weighted by Gasteiger charge is 2.21. The molecule has 19 heavy (non-hydrogen) atoms. The molecule has 1 aliphatic rings. The van der Waals surface area contributed by atoms with Crippen LogP contribution in [0.3, 0.4) is 0 Å². The van der Waals surface area contributed by atoms with Crippen LogP contribution in [0.1, 0.15) is 46.5 Å². The van der Waals surface area contributed by atoms with Crippen molar-refractivity contribution in [3.8, 4) is 11.8 Å². The summed E-state index contributed by atoms with van der Waals surface area (Å²) < 4.78 is 5.20. The summed E-state index contributed by atoms with van der Waals surface area (Å²) in [5.41, 5.74) is -0.443. The van der Waals surface area contributed by atoms with Gasteiger partial charge in [-0.15, -0.1) is 0 Å². The standard InChI is InChI=1S/C15H25NO3/c1-15(2,3)19-14(18)16-11-13-8-6-12(7-9-13)5-4-10-17/h12-13,17H,6-11H2,1-3H3,(H,16,18). The van der Waals surface area contributed by atoms with Crippen molar-refractivity contribution < 1.29 is 14.6 Å². The molecule has 4 nitrogen and oxygen atoms in total. The second-order valence-corrected chi connectivity index (χ2v) is 6.08. The third-order valence-corrected chi connectivity index (χ3v) is 3.17. The first-order valence-corrected chi connectivity index (χ1v) is 6.97. The molecule has 1 fully saturated rings. The number of carbonyl (C=O) groups is 1. The lowest BCUT2D eigenvalue weighted by Gasteiger charge is -2.26. The van der Waals surface area contributed by atoms with Crippen LogP contribution in [0.15, 0.2) is 0 Å².